The Morgan fingerprint density at radius 3 is 1.75 bits per heavy atom. The van der Waals surface area contributed by atoms with Crippen LogP contribution in [0.5, 0.6) is 0 Å². The van der Waals surface area contributed by atoms with Gasteiger partial charge in [-0.2, -0.15) is 4.44 Å². The molecule has 0 radical (unpaired) electrons. The van der Waals surface area contributed by atoms with Gasteiger partial charge >= 0.3 is 7.75 Å². The Labute approximate surface area is 146 Å². The van der Waals surface area contributed by atoms with Gasteiger partial charge in [-0.1, -0.05) is 18.2 Å². The minimum atomic E-state index is -3.47. The molecule has 1 aromatic carbocycles. The van der Waals surface area contributed by atoms with Crippen LogP contribution in [-0.4, -0.2) is 62.2 Å². The van der Waals surface area contributed by atoms with E-state index in [9.17, 15) is 4.57 Å². The molecule has 0 saturated heterocycles. The first-order valence-corrected chi connectivity index (χ1v) is 11.0. The van der Waals surface area contributed by atoms with Crippen LogP contribution < -0.4 is 0 Å². The second kappa shape index (κ2) is 9.25. The lowest BCUT2D eigenvalue weighted by molar-refractivity contribution is 0.194. The summed E-state index contributed by atoms with van der Waals surface area (Å²) in [7, 11) is 3.48. The van der Waals surface area contributed by atoms with Crippen molar-refractivity contribution in [2.24, 2.45) is 4.74 Å². The standard InChI is InChI=1S/C15H30N4O3P2/c1-8-21-24(20,22-9-2)19(7)23(17(3)4,18(5)6)16-15-13-11-10-12-14-15/h10-14H,8-9H2,1-7H3. The van der Waals surface area contributed by atoms with Gasteiger partial charge in [-0.05, 0) is 54.2 Å². The molecule has 0 saturated carbocycles. The number of benzene rings is 1. The summed E-state index contributed by atoms with van der Waals surface area (Å²) in [5.74, 6) is 0. The van der Waals surface area contributed by atoms with Crippen molar-refractivity contribution >= 4 is 20.9 Å². The molecule has 0 spiro atoms. The normalized spacial score (nSPS) is 13.1. The molecule has 1 aromatic rings. The lowest BCUT2D eigenvalue weighted by Gasteiger charge is -2.44. The molecule has 1 rings (SSSR count). The zero-order valence-electron chi connectivity index (χ0n) is 15.7. The quantitative estimate of drug-likeness (QED) is 0.592. The summed E-state index contributed by atoms with van der Waals surface area (Å²) >= 11 is 0. The zero-order valence-corrected chi connectivity index (χ0v) is 17.5. The molecule has 0 aliphatic carbocycles. The van der Waals surface area contributed by atoms with E-state index in [-0.39, 0.29) is 0 Å². The molecule has 0 fully saturated rings. The maximum atomic E-state index is 13.4. The fourth-order valence-corrected chi connectivity index (χ4v) is 8.75. The monoisotopic (exact) mass is 376 g/mol. The third kappa shape index (κ3) is 4.55. The number of hydrogen-bond acceptors (Lipinski definition) is 4. The second-order valence-corrected chi connectivity index (χ2v) is 11.3. The third-order valence-corrected chi connectivity index (χ3v) is 10.1. The van der Waals surface area contributed by atoms with E-state index in [1.54, 1.807) is 25.3 Å². The molecular formula is C15H30N4O3P2. The van der Waals surface area contributed by atoms with E-state index in [2.05, 4.69) is 0 Å². The highest BCUT2D eigenvalue weighted by atomic mass is 31.2. The van der Waals surface area contributed by atoms with Crippen LogP contribution in [0.15, 0.2) is 35.1 Å². The van der Waals surface area contributed by atoms with Crippen molar-refractivity contribution in [3.05, 3.63) is 30.3 Å². The van der Waals surface area contributed by atoms with Crippen LogP contribution in [0.25, 0.3) is 0 Å². The first-order chi connectivity index (χ1) is 11.2. The van der Waals surface area contributed by atoms with Crippen LogP contribution in [0.4, 0.5) is 5.69 Å². The van der Waals surface area contributed by atoms with Crippen molar-refractivity contribution in [1.29, 1.82) is 0 Å². The van der Waals surface area contributed by atoms with Gasteiger partial charge in [-0.15, -0.1) is 0 Å². The number of hydrogen-bond donors (Lipinski definition) is 0. The van der Waals surface area contributed by atoms with Gasteiger partial charge in [0.15, 0.2) is 7.51 Å². The van der Waals surface area contributed by atoms with E-state index in [4.69, 9.17) is 13.8 Å². The Bertz CT molecular complexity index is 586. The van der Waals surface area contributed by atoms with Crippen molar-refractivity contribution in [3.8, 4) is 0 Å². The van der Waals surface area contributed by atoms with Crippen molar-refractivity contribution in [2.45, 2.75) is 13.8 Å². The molecule has 0 aliphatic rings. The highest BCUT2D eigenvalue weighted by Crippen LogP contribution is 2.70. The fraction of sp³-hybridized carbons (Fsp3) is 0.600. The smallest absolute Gasteiger partial charge is 0.297 e. The molecule has 0 unspecified atom stereocenters. The summed E-state index contributed by atoms with van der Waals surface area (Å²) in [6, 6.07) is 9.68. The summed E-state index contributed by atoms with van der Waals surface area (Å²) in [6.07, 6.45) is 0. The maximum Gasteiger partial charge on any atom is 0.414 e. The van der Waals surface area contributed by atoms with E-state index in [1.807, 2.05) is 67.9 Å². The summed E-state index contributed by atoms with van der Waals surface area (Å²) in [5, 5.41) is 0. The molecule has 0 aliphatic heterocycles. The highest BCUT2D eigenvalue weighted by molar-refractivity contribution is 7.71. The molecule has 7 nitrogen and oxygen atoms in total. The molecule has 0 N–H and O–H groups in total. The van der Waals surface area contributed by atoms with Crippen LogP contribution in [0.1, 0.15) is 13.8 Å². The molecule has 24 heavy (non-hydrogen) atoms. The Kier molecular flexibility index (Phi) is 8.30. The SMILES string of the molecule is CCOP(=O)(OCC)N(C)P(=Nc1ccccc1)(N(C)C)N(C)C. The first kappa shape index (κ1) is 21.5. The van der Waals surface area contributed by atoms with Gasteiger partial charge in [-0.25, -0.2) is 9.31 Å². The Balaban J connectivity index is 3.58. The summed E-state index contributed by atoms with van der Waals surface area (Å²) in [5.41, 5.74) is 0.819. The lowest BCUT2D eigenvalue weighted by Crippen LogP contribution is -2.32. The van der Waals surface area contributed by atoms with Crippen molar-refractivity contribution in [1.82, 2.24) is 13.8 Å². The van der Waals surface area contributed by atoms with Crippen LogP contribution in [-0.2, 0) is 13.6 Å². The Morgan fingerprint density at radius 1 is 0.917 bits per heavy atom. The van der Waals surface area contributed by atoms with Gasteiger partial charge in [0, 0.05) is 7.05 Å². The predicted molar refractivity (Wildman–Crippen MR) is 101 cm³/mol. The van der Waals surface area contributed by atoms with Gasteiger partial charge in [-0.3, -0.25) is 18.4 Å². The topological polar surface area (TPSA) is 57.6 Å². The van der Waals surface area contributed by atoms with Crippen LogP contribution in [0.3, 0.4) is 0 Å². The molecule has 9 heteroatoms. The molecule has 0 atom stereocenters. The number of rotatable bonds is 9. The molecule has 0 amide bonds. The van der Waals surface area contributed by atoms with E-state index in [1.165, 1.54) is 0 Å². The average molecular weight is 376 g/mol. The van der Waals surface area contributed by atoms with Gasteiger partial charge in [0.25, 0.3) is 0 Å². The van der Waals surface area contributed by atoms with Gasteiger partial charge in [0.2, 0.25) is 0 Å². The minimum Gasteiger partial charge on any atom is -0.297 e. The molecular weight excluding hydrogens is 346 g/mol. The number of nitrogens with zero attached hydrogens (tertiary/aromatic N) is 4. The van der Waals surface area contributed by atoms with Crippen LogP contribution >= 0.6 is 15.3 Å². The predicted octanol–water partition coefficient (Wildman–Crippen LogP) is 4.50. The summed E-state index contributed by atoms with van der Waals surface area (Å²) in [4.78, 5) is 0. The van der Waals surface area contributed by atoms with Gasteiger partial charge in [0.05, 0.1) is 18.9 Å². The molecule has 0 heterocycles. The first-order valence-electron chi connectivity index (χ1n) is 7.91. The van der Waals surface area contributed by atoms with Crippen LogP contribution in [0, 0.1) is 0 Å². The van der Waals surface area contributed by atoms with Gasteiger partial charge < -0.3 is 0 Å². The molecule has 0 aromatic heterocycles. The maximum absolute atomic E-state index is 13.4. The van der Waals surface area contributed by atoms with E-state index in [0.29, 0.717) is 13.2 Å². The third-order valence-electron chi connectivity index (χ3n) is 3.41. The van der Waals surface area contributed by atoms with E-state index in [0.717, 1.165) is 5.69 Å². The summed E-state index contributed by atoms with van der Waals surface area (Å²) < 4.78 is 35.1. The minimum absolute atomic E-state index is 0.299. The zero-order chi connectivity index (χ0) is 18.4. The van der Waals surface area contributed by atoms with Gasteiger partial charge in [0.1, 0.15) is 0 Å². The lowest BCUT2D eigenvalue weighted by atomic mass is 10.3. The van der Waals surface area contributed by atoms with Crippen LogP contribution in [0.2, 0.25) is 0 Å². The Hall–Kier alpha value is -0.520. The van der Waals surface area contributed by atoms with Crippen molar-refractivity contribution in [2.75, 3.05) is 48.5 Å². The second-order valence-electron chi connectivity index (χ2n) is 5.46. The van der Waals surface area contributed by atoms with Crippen molar-refractivity contribution in [3.63, 3.8) is 0 Å². The van der Waals surface area contributed by atoms with Crippen molar-refractivity contribution < 1.29 is 13.6 Å². The largest absolute Gasteiger partial charge is 0.414 e. The molecule has 0 bridgehead atoms. The van der Waals surface area contributed by atoms with E-state index >= 15 is 0 Å². The molecule has 138 valence electrons. The summed E-state index contributed by atoms with van der Waals surface area (Å²) in [6.45, 7) is 4.21. The fourth-order valence-electron chi connectivity index (χ4n) is 2.45. The average Bonchev–Trinajstić information content (AvgIpc) is 2.52. The Morgan fingerprint density at radius 2 is 1.38 bits per heavy atom. The highest BCUT2D eigenvalue weighted by Gasteiger charge is 2.44. The van der Waals surface area contributed by atoms with E-state index < -0.39 is 15.3 Å².